The number of amides is 1. The van der Waals surface area contributed by atoms with Gasteiger partial charge in [-0.2, -0.15) is 0 Å². The van der Waals surface area contributed by atoms with Crippen LogP contribution in [0.5, 0.6) is 0 Å². The fourth-order valence-corrected chi connectivity index (χ4v) is 2.44. The quantitative estimate of drug-likeness (QED) is 0.857. The highest BCUT2D eigenvalue weighted by Gasteiger charge is 2.60. The first-order valence-electron chi connectivity index (χ1n) is 6.55. The Labute approximate surface area is 113 Å². The van der Waals surface area contributed by atoms with Crippen LogP contribution in [0.15, 0.2) is 30.3 Å². The molecule has 0 heterocycles. The standard InChI is InChI=1S/C15H21NO3/c1-14(2)9-15(14,11-17)10-16-13(18)19-8-12-6-4-3-5-7-12/h3-7,17H,8-11H2,1-2H3,(H,16,18). The molecular formula is C15H21NO3. The third-order valence-electron chi connectivity index (χ3n) is 4.18. The van der Waals surface area contributed by atoms with Gasteiger partial charge in [0, 0.05) is 12.0 Å². The van der Waals surface area contributed by atoms with Gasteiger partial charge in [0.2, 0.25) is 0 Å². The first-order chi connectivity index (χ1) is 8.99. The number of aliphatic hydroxyl groups is 1. The van der Waals surface area contributed by atoms with Crippen LogP contribution in [0.4, 0.5) is 4.79 Å². The van der Waals surface area contributed by atoms with Crippen LogP contribution in [0, 0.1) is 10.8 Å². The fraction of sp³-hybridized carbons (Fsp3) is 0.533. The topological polar surface area (TPSA) is 58.6 Å². The van der Waals surface area contributed by atoms with Crippen molar-refractivity contribution < 1.29 is 14.6 Å². The molecule has 0 spiro atoms. The van der Waals surface area contributed by atoms with Gasteiger partial charge in [0.25, 0.3) is 0 Å². The second-order valence-electron chi connectivity index (χ2n) is 5.91. The summed E-state index contributed by atoms with van der Waals surface area (Å²) in [7, 11) is 0. The van der Waals surface area contributed by atoms with Crippen LogP contribution in [0.2, 0.25) is 0 Å². The molecule has 2 N–H and O–H groups in total. The van der Waals surface area contributed by atoms with E-state index in [-0.39, 0.29) is 24.0 Å². The zero-order chi connectivity index (χ0) is 13.9. The smallest absolute Gasteiger partial charge is 0.407 e. The van der Waals surface area contributed by atoms with Gasteiger partial charge in [-0.15, -0.1) is 0 Å². The highest BCUT2D eigenvalue weighted by atomic mass is 16.5. The largest absolute Gasteiger partial charge is 0.445 e. The lowest BCUT2D eigenvalue weighted by molar-refractivity contribution is 0.129. The number of carbonyl (C=O) groups excluding carboxylic acids is 1. The summed E-state index contributed by atoms with van der Waals surface area (Å²) in [4.78, 5) is 11.6. The minimum atomic E-state index is -0.431. The number of alkyl carbamates (subject to hydrolysis) is 1. The van der Waals surface area contributed by atoms with Crippen LogP contribution >= 0.6 is 0 Å². The molecule has 1 fully saturated rings. The minimum absolute atomic E-state index is 0.0917. The Hall–Kier alpha value is -1.55. The molecule has 1 aliphatic carbocycles. The monoisotopic (exact) mass is 263 g/mol. The van der Waals surface area contributed by atoms with E-state index in [0.717, 1.165) is 12.0 Å². The van der Waals surface area contributed by atoms with E-state index in [0.29, 0.717) is 6.54 Å². The Bertz CT molecular complexity index is 444. The van der Waals surface area contributed by atoms with Crippen molar-refractivity contribution in [3.63, 3.8) is 0 Å². The number of benzene rings is 1. The van der Waals surface area contributed by atoms with Gasteiger partial charge in [0.1, 0.15) is 6.61 Å². The van der Waals surface area contributed by atoms with Gasteiger partial charge in [0.05, 0.1) is 6.61 Å². The number of hydrogen-bond acceptors (Lipinski definition) is 3. The van der Waals surface area contributed by atoms with Crippen molar-refractivity contribution in [2.45, 2.75) is 26.9 Å². The molecule has 0 aromatic heterocycles. The molecule has 2 rings (SSSR count). The number of rotatable bonds is 5. The highest BCUT2D eigenvalue weighted by molar-refractivity contribution is 5.67. The molecule has 0 saturated heterocycles. The molecule has 1 aromatic rings. The molecular weight excluding hydrogens is 242 g/mol. The molecule has 104 valence electrons. The Kier molecular flexibility index (Phi) is 3.80. The van der Waals surface area contributed by atoms with Crippen LogP contribution < -0.4 is 5.32 Å². The van der Waals surface area contributed by atoms with Gasteiger partial charge in [-0.25, -0.2) is 4.79 Å². The zero-order valence-corrected chi connectivity index (χ0v) is 11.5. The molecule has 0 aliphatic heterocycles. The van der Waals surface area contributed by atoms with Crippen LogP contribution in [0.25, 0.3) is 0 Å². The van der Waals surface area contributed by atoms with Gasteiger partial charge < -0.3 is 15.2 Å². The molecule has 4 heteroatoms. The van der Waals surface area contributed by atoms with Crippen LogP contribution in [0.1, 0.15) is 25.8 Å². The summed E-state index contributed by atoms with van der Waals surface area (Å²) in [6, 6.07) is 9.55. The molecule has 1 aromatic carbocycles. The van der Waals surface area contributed by atoms with Crippen molar-refractivity contribution in [3.05, 3.63) is 35.9 Å². The van der Waals surface area contributed by atoms with E-state index in [1.807, 2.05) is 30.3 Å². The summed E-state index contributed by atoms with van der Waals surface area (Å²) in [6.07, 6.45) is 0.495. The zero-order valence-electron chi connectivity index (χ0n) is 11.5. The molecule has 1 saturated carbocycles. The van der Waals surface area contributed by atoms with E-state index < -0.39 is 6.09 Å². The number of hydrogen-bond donors (Lipinski definition) is 2. The van der Waals surface area contributed by atoms with Gasteiger partial charge in [0.15, 0.2) is 0 Å². The SMILES string of the molecule is CC1(C)CC1(CO)CNC(=O)OCc1ccccc1. The van der Waals surface area contributed by atoms with Crippen molar-refractivity contribution in [3.8, 4) is 0 Å². The highest BCUT2D eigenvalue weighted by Crippen LogP contribution is 2.62. The van der Waals surface area contributed by atoms with Gasteiger partial charge in [-0.3, -0.25) is 0 Å². The van der Waals surface area contributed by atoms with E-state index in [2.05, 4.69) is 19.2 Å². The Morgan fingerprint density at radius 2 is 2.00 bits per heavy atom. The third kappa shape index (κ3) is 3.07. The van der Waals surface area contributed by atoms with E-state index >= 15 is 0 Å². The summed E-state index contributed by atoms with van der Waals surface area (Å²) in [5, 5.41) is 12.2. The minimum Gasteiger partial charge on any atom is -0.445 e. The average Bonchev–Trinajstić information content (AvgIpc) is 2.98. The van der Waals surface area contributed by atoms with E-state index in [1.165, 1.54) is 0 Å². The van der Waals surface area contributed by atoms with Crippen molar-refractivity contribution in [2.75, 3.05) is 13.2 Å². The average molecular weight is 263 g/mol. The molecule has 4 nitrogen and oxygen atoms in total. The van der Waals surface area contributed by atoms with Crippen molar-refractivity contribution in [2.24, 2.45) is 10.8 Å². The summed E-state index contributed by atoms with van der Waals surface area (Å²) in [6.45, 7) is 5.02. The predicted molar refractivity (Wildman–Crippen MR) is 72.5 cm³/mol. The summed E-state index contributed by atoms with van der Waals surface area (Å²) in [5.41, 5.74) is 0.869. The number of nitrogens with one attached hydrogen (secondary N) is 1. The first kappa shape index (κ1) is 13.9. The Morgan fingerprint density at radius 3 is 2.53 bits per heavy atom. The van der Waals surface area contributed by atoms with Crippen molar-refractivity contribution in [1.82, 2.24) is 5.32 Å². The lowest BCUT2D eigenvalue weighted by atomic mass is 9.97. The van der Waals surface area contributed by atoms with E-state index in [4.69, 9.17) is 4.74 Å². The number of carbonyl (C=O) groups is 1. The Balaban J connectivity index is 1.74. The summed E-state index contributed by atoms with van der Waals surface area (Å²) in [5.74, 6) is 0. The second-order valence-corrected chi connectivity index (χ2v) is 5.91. The molecule has 1 aliphatic rings. The number of ether oxygens (including phenoxy) is 1. The van der Waals surface area contributed by atoms with E-state index in [1.54, 1.807) is 0 Å². The van der Waals surface area contributed by atoms with Crippen LogP contribution in [0.3, 0.4) is 0 Å². The normalized spacial score (nSPS) is 23.7. The van der Waals surface area contributed by atoms with Gasteiger partial charge in [-0.05, 0) is 17.4 Å². The molecule has 0 radical (unpaired) electrons. The maximum Gasteiger partial charge on any atom is 0.407 e. The molecule has 0 bridgehead atoms. The molecule has 1 amide bonds. The van der Waals surface area contributed by atoms with Gasteiger partial charge in [-0.1, -0.05) is 44.2 Å². The van der Waals surface area contributed by atoms with Crippen molar-refractivity contribution >= 4 is 6.09 Å². The van der Waals surface area contributed by atoms with Crippen LogP contribution in [-0.4, -0.2) is 24.4 Å². The maximum absolute atomic E-state index is 11.6. The van der Waals surface area contributed by atoms with E-state index in [9.17, 15) is 9.90 Å². The van der Waals surface area contributed by atoms with Crippen molar-refractivity contribution in [1.29, 1.82) is 0 Å². The second kappa shape index (κ2) is 5.21. The van der Waals surface area contributed by atoms with Crippen LogP contribution in [-0.2, 0) is 11.3 Å². The maximum atomic E-state index is 11.6. The summed E-state index contributed by atoms with van der Waals surface area (Å²) < 4.78 is 5.13. The lowest BCUT2D eigenvalue weighted by Crippen LogP contribution is -2.34. The lowest BCUT2D eigenvalue weighted by Gasteiger charge is -2.18. The van der Waals surface area contributed by atoms with Gasteiger partial charge >= 0.3 is 6.09 Å². The third-order valence-corrected chi connectivity index (χ3v) is 4.18. The fourth-order valence-electron chi connectivity index (χ4n) is 2.44. The Morgan fingerprint density at radius 1 is 1.37 bits per heavy atom. The first-order valence-corrected chi connectivity index (χ1v) is 6.55. The molecule has 1 unspecified atom stereocenters. The molecule has 19 heavy (non-hydrogen) atoms. The summed E-state index contributed by atoms with van der Waals surface area (Å²) >= 11 is 0. The predicted octanol–water partition coefficient (Wildman–Crippen LogP) is 2.32. The number of aliphatic hydroxyl groups excluding tert-OH is 1. The molecule has 1 atom stereocenters.